The van der Waals surface area contributed by atoms with Crippen LogP contribution in [0.4, 0.5) is 0 Å². The van der Waals surface area contributed by atoms with Crippen LogP contribution in [0.5, 0.6) is 0 Å². The van der Waals surface area contributed by atoms with Crippen molar-refractivity contribution in [1.82, 2.24) is 9.78 Å². The standard InChI is InChI=1S/C9H16ClN3/c1-4-8-7(5-6(2)11)9(10)13(3)12-8/h6H,4-5,11H2,1-3H3. The first-order valence-electron chi connectivity index (χ1n) is 4.52. The number of aryl methyl sites for hydroxylation is 2. The second-order valence-electron chi connectivity index (χ2n) is 3.37. The van der Waals surface area contributed by atoms with E-state index in [0.29, 0.717) is 5.15 Å². The van der Waals surface area contributed by atoms with E-state index in [4.69, 9.17) is 17.3 Å². The maximum Gasteiger partial charge on any atom is 0.130 e. The largest absolute Gasteiger partial charge is 0.328 e. The second kappa shape index (κ2) is 4.11. The van der Waals surface area contributed by atoms with Gasteiger partial charge in [0.2, 0.25) is 0 Å². The highest BCUT2D eigenvalue weighted by Gasteiger charge is 2.13. The van der Waals surface area contributed by atoms with Crippen LogP contribution < -0.4 is 5.73 Å². The third kappa shape index (κ3) is 2.23. The van der Waals surface area contributed by atoms with Crippen LogP contribution in [-0.4, -0.2) is 15.8 Å². The molecular weight excluding hydrogens is 186 g/mol. The van der Waals surface area contributed by atoms with Gasteiger partial charge in [-0.1, -0.05) is 18.5 Å². The van der Waals surface area contributed by atoms with E-state index in [1.165, 1.54) is 0 Å². The number of hydrogen-bond donors (Lipinski definition) is 1. The molecule has 13 heavy (non-hydrogen) atoms. The zero-order chi connectivity index (χ0) is 10.0. The van der Waals surface area contributed by atoms with Crippen LogP contribution in [-0.2, 0) is 19.9 Å². The molecule has 0 saturated carbocycles. The molecule has 0 bridgehead atoms. The number of nitrogens with two attached hydrogens (primary N) is 1. The van der Waals surface area contributed by atoms with Gasteiger partial charge in [-0.2, -0.15) is 5.10 Å². The average Bonchev–Trinajstić information content (AvgIpc) is 2.31. The van der Waals surface area contributed by atoms with Gasteiger partial charge in [-0.15, -0.1) is 0 Å². The Hall–Kier alpha value is -0.540. The maximum atomic E-state index is 6.08. The van der Waals surface area contributed by atoms with Crippen LogP contribution in [0.25, 0.3) is 0 Å². The molecule has 1 aromatic rings. The van der Waals surface area contributed by atoms with Gasteiger partial charge >= 0.3 is 0 Å². The van der Waals surface area contributed by atoms with Gasteiger partial charge in [0.05, 0.1) is 5.69 Å². The van der Waals surface area contributed by atoms with Crippen molar-refractivity contribution >= 4 is 11.6 Å². The van der Waals surface area contributed by atoms with Crippen molar-refractivity contribution in [3.63, 3.8) is 0 Å². The summed E-state index contributed by atoms with van der Waals surface area (Å²) >= 11 is 6.08. The molecule has 2 N–H and O–H groups in total. The molecule has 0 fully saturated rings. The Morgan fingerprint density at radius 1 is 1.62 bits per heavy atom. The summed E-state index contributed by atoms with van der Waals surface area (Å²) in [6, 6.07) is 0.131. The van der Waals surface area contributed by atoms with Crippen molar-refractivity contribution in [3.8, 4) is 0 Å². The highest BCUT2D eigenvalue weighted by molar-refractivity contribution is 6.30. The van der Waals surface area contributed by atoms with Crippen molar-refractivity contribution < 1.29 is 0 Å². The second-order valence-corrected chi connectivity index (χ2v) is 3.73. The Balaban J connectivity index is 3.01. The van der Waals surface area contributed by atoms with Gasteiger partial charge in [0.25, 0.3) is 0 Å². The van der Waals surface area contributed by atoms with Gasteiger partial charge < -0.3 is 5.73 Å². The van der Waals surface area contributed by atoms with Crippen LogP contribution in [0.2, 0.25) is 5.15 Å². The molecule has 0 spiro atoms. The minimum atomic E-state index is 0.131. The Bertz CT molecular complexity index is 291. The monoisotopic (exact) mass is 201 g/mol. The van der Waals surface area contributed by atoms with E-state index in [2.05, 4.69) is 12.0 Å². The SMILES string of the molecule is CCc1nn(C)c(Cl)c1CC(C)N. The highest BCUT2D eigenvalue weighted by atomic mass is 35.5. The minimum absolute atomic E-state index is 0.131. The van der Waals surface area contributed by atoms with E-state index in [9.17, 15) is 0 Å². The number of rotatable bonds is 3. The first-order chi connectivity index (χ1) is 6.06. The van der Waals surface area contributed by atoms with Crippen LogP contribution >= 0.6 is 11.6 Å². The van der Waals surface area contributed by atoms with Crippen molar-refractivity contribution in [2.24, 2.45) is 12.8 Å². The quantitative estimate of drug-likeness (QED) is 0.806. The smallest absolute Gasteiger partial charge is 0.130 e. The summed E-state index contributed by atoms with van der Waals surface area (Å²) in [5.41, 5.74) is 7.89. The fourth-order valence-corrected chi connectivity index (χ4v) is 1.63. The number of hydrogen-bond acceptors (Lipinski definition) is 2. The number of nitrogens with zero attached hydrogens (tertiary/aromatic N) is 2. The van der Waals surface area contributed by atoms with Crippen LogP contribution in [0.1, 0.15) is 25.1 Å². The summed E-state index contributed by atoms with van der Waals surface area (Å²) < 4.78 is 1.71. The van der Waals surface area contributed by atoms with Gasteiger partial charge in [0.1, 0.15) is 5.15 Å². The number of aromatic nitrogens is 2. The maximum absolute atomic E-state index is 6.08. The Labute approximate surface area is 83.9 Å². The summed E-state index contributed by atoms with van der Waals surface area (Å²) in [6.07, 6.45) is 1.71. The predicted molar refractivity (Wildman–Crippen MR) is 54.9 cm³/mol. The molecule has 0 aliphatic heterocycles. The van der Waals surface area contributed by atoms with Crippen LogP contribution in [0.3, 0.4) is 0 Å². The molecule has 0 saturated heterocycles. The van der Waals surface area contributed by atoms with Crippen molar-refractivity contribution in [1.29, 1.82) is 0 Å². The van der Waals surface area contributed by atoms with E-state index in [1.807, 2.05) is 14.0 Å². The first-order valence-corrected chi connectivity index (χ1v) is 4.89. The third-order valence-corrected chi connectivity index (χ3v) is 2.49. The average molecular weight is 202 g/mol. The van der Waals surface area contributed by atoms with Crippen molar-refractivity contribution in [2.45, 2.75) is 32.7 Å². The topological polar surface area (TPSA) is 43.8 Å². The molecule has 4 heteroatoms. The minimum Gasteiger partial charge on any atom is -0.328 e. The summed E-state index contributed by atoms with van der Waals surface area (Å²) in [5, 5.41) is 5.03. The van der Waals surface area contributed by atoms with E-state index in [-0.39, 0.29) is 6.04 Å². The molecule has 0 aliphatic rings. The first kappa shape index (κ1) is 10.5. The lowest BCUT2D eigenvalue weighted by Crippen LogP contribution is -2.18. The van der Waals surface area contributed by atoms with Crippen molar-refractivity contribution in [2.75, 3.05) is 0 Å². The zero-order valence-corrected chi connectivity index (χ0v) is 9.10. The zero-order valence-electron chi connectivity index (χ0n) is 8.34. The Morgan fingerprint density at radius 2 is 2.23 bits per heavy atom. The number of halogens is 1. The fourth-order valence-electron chi connectivity index (χ4n) is 1.41. The van der Waals surface area contributed by atoms with E-state index in [1.54, 1.807) is 4.68 Å². The molecule has 1 unspecified atom stereocenters. The lowest BCUT2D eigenvalue weighted by Gasteiger charge is -2.04. The Morgan fingerprint density at radius 3 is 2.69 bits per heavy atom. The Kier molecular flexibility index (Phi) is 3.33. The van der Waals surface area contributed by atoms with Crippen LogP contribution in [0.15, 0.2) is 0 Å². The van der Waals surface area contributed by atoms with E-state index < -0.39 is 0 Å². The third-order valence-electron chi connectivity index (χ3n) is 2.01. The lowest BCUT2D eigenvalue weighted by atomic mass is 10.1. The van der Waals surface area contributed by atoms with Crippen LogP contribution in [0, 0.1) is 0 Å². The molecule has 0 aromatic carbocycles. The summed E-state index contributed by atoms with van der Waals surface area (Å²) in [4.78, 5) is 0. The molecule has 1 atom stereocenters. The highest BCUT2D eigenvalue weighted by Crippen LogP contribution is 2.20. The molecule has 3 nitrogen and oxygen atoms in total. The van der Waals surface area contributed by atoms with E-state index >= 15 is 0 Å². The molecule has 1 rings (SSSR count). The summed E-state index contributed by atoms with van der Waals surface area (Å²) in [7, 11) is 1.85. The molecule has 74 valence electrons. The van der Waals surface area contributed by atoms with Gasteiger partial charge in [-0.25, -0.2) is 0 Å². The molecular formula is C9H16ClN3. The van der Waals surface area contributed by atoms with Gasteiger partial charge in [0.15, 0.2) is 0 Å². The molecule has 1 aromatic heterocycles. The normalized spacial score (nSPS) is 13.3. The lowest BCUT2D eigenvalue weighted by molar-refractivity contribution is 0.732. The molecule has 0 radical (unpaired) electrons. The fraction of sp³-hybridized carbons (Fsp3) is 0.667. The molecule has 0 aliphatic carbocycles. The van der Waals surface area contributed by atoms with E-state index in [0.717, 1.165) is 24.1 Å². The summed E-state index contributed by atoms with van der Waals surface area (Å²) in [6.45, 7) is 4.05. The molecule has 1 heterocycles. The van der Waals surface area contributed by atoms with Gasteiger partial charge in [-0.05, 0) is 19.8 Å². The van der Waals surface area contributed by atoms with Crippen molar-refractivity contribution in [3.05, 3.63) is 16.4 Å². The van der Waals surface area contributed by atoms with Gasteiger partial charge in [-0.3, -0.25) is 4.68 Å². The summed E-state index contributed by atoms with van der Waals surface area (Å²) in [5.74, 6) is 0. The molecule has 0 amide bonds. The predicted octanol–water partition coefficient (Wildman–Crippen LogP) is 1.53. The van der Waals surface area contributed by atoms with Gasteiger partial charge in [0, 0.05) is 18.7 Å².